The van der Waals surface area contributed by atoms with Crippen LogP contribution in [-0.4, -0.2) is 11.7 Å². The van der Waals surface area contributed by atoms with Gasteiger partial charge in [-0.15, -0.1) is 12.4 Å². The molecule has 70 valence electrons. The summed E-state index contributed by atoms with van der Waals surface area (Å²) in [5.74, 6) is 0. The average molecular weight is 199 g/mol. The third-order valence-corrected chi connectivity index (χ3v) is 1.58. The molecule has 0 saturated heterocycles. The molecule has 0 unspecified atom stereocenters. The van der Waals surface area contributed by atoms with Crippen LogP contribution >= 0.6 is 12.4 Å². The maximum Gasteiger partial charge on any atom is 0.0634 e. The van der Waals surface area contributed by atoms with Gasteiger partial charge in [-0.3, -0.25) is 5.43 Å². The average Bonchev–Trinajstić information content (AvgIpc) is 2.28. The highest BCUT2D eigenvalue weighted by molar-refractivity contribution is 5.85. The van der Waals surface area contributed by atoms with Crippen molar-refractivity contribution in [2.75, 3.05) is 5.43 Å². The largest absolute Gasteiger partial charge is 0.412 e. The minimum atomic E-state index is 0. The molecule has 0 saturated carbocycles. The van der Waals surface area contributed by atoms with E-state index in [4.69, 9.17) is 0 Å². The van der Waals surface area contributed by atoms with Crippen molar-refractivity contribution >= 4 is 30.4 Å². The molecule has 0 aromatic heterocycles. The van der Waals surface area contributed by atoms with Crippen LogP contribution in [0, 0.1) is 0 Å². The molecule has 1 heterocycles. The van der Waals surface area contributed by atoms with Gasteiger partial charge in [0, 0.05) is 6.21 Å². The van der Waals surface area contributed by atoms with Crippen LogP contribution in [0.2, 0.25) is 0 Å². The Labute approximate surface area is 82.9 Å². The lowest BCUT2D eigenvalue weighted by molar-refractivity contribution is 0.824. The number of hydrogen-bond acceptors (Lipinski definition) is 2. The van der Waals surface area contributed by atoms with Crippen molar-refractivity contribution in [2.24, 2.45) is 5.10 Å². The monoisotopic (exact) mass is 198 g/mol. The Morgan fingerprint density at radius 2 is 1.92 bits per heavy atom. The lowest BCUT2D eigenvalue weighted by Gasteiger charge is -2.00. The van der Waals surface area contributed by atoms with Crippen LogP contribution in [0.5, 0.6) is 0 Å². The molecular weight excluding hydrogens is 188 g/mol. The first-order valence-corrected chi connectivity index (χ1v) is 3.51. The van der Waals surface area contributed by atoms with Crippen LogP contribution in [-0.2, 0) is 0 Å². The van der Waals surface area contributed by atoms with E-state index in [2.05, 4.69) is 10.5 Å². The minimum Gasteiger partial charge on any atom is -0.412 e. The van der Waals surface area contributed by atoms with Crippen molar-refractivity contribution in [3.63, 3.8) is 0 Å². The SMILES string of the molecule is C1=Cc2ccccc2NN=C1.Cl.O. The fraction of sp³-hybridized carbons (Fsp3) is 0. The number of anilines is 1. The number of halogens is 1. The summed E-state index contributed by atoms with van der Waals surface area (Å²) >= 11 is 0. The highest BCUT2D eigenvalue weighted by atomic mass is 35.5. The molecule has 13 heavy (non-hydrogen) atoms. The summed E-state index contributed by atoms with van der Waals surface area (Å²) in [5.41, 5.74) is 5.16. The number of fused-ring (bicyclic) bond motifs is 1. The number of nitrogens with zero attached hydrogens (tertiary/aromatic N) is 1. The zero-order valence-electron chi connectivity index (χ0n) is 6.90. The van der Waals surface area contributed by atoms with E-state index in [0.717, 1.165) is 5.69 Å². The Kier molecular flexibility index (Phi) is 4.80. The van der Waals surface area contributed by atoms with Gasteiger partial charge in [0.05, 0.1) is 5.69 Å². The van der Waals surface area contributed by atoms with E-state index in [9.17, 15) is 0 Å². The van der Waals surface area contributed by atoms with Crippen LogP contribution < -0.4 is 5.43 Å². The van der Waals surface area contributed by atoms with Gasteiger partial charge in [0.25, 0.3) is 0 Å². The van der Waals surface area contributed by atoms with E-state index in [1.807, 2.05) is 36.4 Å². The van der Waals surface area contributed by atoms with Crippen LogP contribution in [0.3, 0.4) is 0 Å². The molecular formula is C9H11ClN2O. The number of hydrazone groups is 1. The lowest BCUT2D eigenvalue weighted by Crippen LogP contribution is -1.87. The molecule has 3 nitrogen and oxygen atoms in total. The smallest absolute Gasteiger partial charge is 0.0634 e. The van der Waals surface area contributed by atoms with Crippen molar-refractivity contribution in [3.8, 4) is 0 Å². The van der Waals surface area contributed by atoms with Crippen molar-refractivity contribution in [1.29, 1.82) is 0 Å². The normalized spacial score (nSPS) is 11.4. The molecule has 0 aliphatic carbocycles. The predicted octanol–water partition coefficient (Wildman–Crippen LogP) is 1.71. The Hall–Kier alpha value is -1.32. The summed E-state index contributed by atoms with van der Waals surface area (Å²) in [5, 5.41) is 3.95. The Balaban J connectivity index is 0.000000720. The second kappa shape index (κ2) is 5.35. The molecule has 0 radical (unpaired) electrons. The number of hydrogen-bond donors (Lipinski definition) is 1. The second-order valence-electron chi connectivity index (χ2n) is 2.34. The van der Waals surface area contributed by atoms with Crippen LogP contribution in [0.1, 0.15) is 5.56 Å². The van der Waals surface area contributed by atoms with E-state index in [1.165, 1.54) is 5.56 Å². The third kappa shape index (κ3) is 2.57. The number of benzene rings is 1. The number of para-hydroxylation sites is 1. The molecule has 3 N–H and O–H groups in total. The molecule has 1 aliphatic rings. The summed E-state index contributed by atoms with van der Waals surface area (Å²) in [6.07, 6.45) is 5.68. The first-order valence-electron chi connectivity index (χ1n) is 3.51. The summed E-state index contributed by atoms with van der Waals surface area (Å²) < 4.78 is 0. The Morgan fingerprint density at radius 1 is 1.15 bits per heavy atom. The fourth-order valence-corrected chi connectivity index (χ4v) is 1.04. The van der Waals surface area contributed by atoms with Gasteiger partial charge in [-0.25, -0.2) is 0 Å². The van der Waals surface area contributed by atoms with Crippen LogP contribution in [0.25, 0.3) is 6.08 Å². The maximum absolute atomic E-state index is 3.95. The number of allylic oxidation sites excluding steroid dienone is 1. The highest BCUT2D eigenvalue weighted by Crippen LogP contribution is 2.17. The minimum absolute atomic E-state index is 0. The van der Waals surface area contributed by atoms with E-state index in [1.54, 1.807) is 6.21 Å². The number of rotatable bonds is 0. The molecule has 1 aromatic rings. The molecule has 0 spiro atoms. The highest BCUT2D eigenvalue weighted by Gasteiger charge is 1.96. The molecule has 1 aromatic carbocycles. The summed E-state index contributed by atoms with van der Waals surface area (Å²) in [7, 11) is 0. The van der Waals surface area contributed by atoms with Gasteiger partial charge in [-0.1, -0.05) is 24.3 Å². The van der Waals surface area contributed by atoms with Crippen molar-refractivity contribution in [3.05, 3.63) is 35.9 Å². The lowest BCUT2D eigenvalue weighted by atomic mass is 10.2. The first-order chi connectivity index (χ1) is 5.47. The van der Waals surface area contributed by atoms with E-state index in [0.29, 0.717) is 0 Å². The van der Waals surface area contributed by atoms with Crippen LogP contribution in [0.15, 0.2) is 35.4 Å². The van der Waals surface area contributed by atoms with E-state index in [-0.39, 0.29) is 17.9 Å². The van der Waals surface area contributed by atoms with E-state index >= 15 is 0 Å². The molecule has 0 atom stereocenters. The standard InChI is InChI=1S/C9H8N2.ClH.H2O/c1-2-6-9-8(4-1)5-3-7-10-11-9;;/h1-7,11H;1H;1H2. The predicted molar refractivity (Wildman–Crippen MR) is 58.5 cm³/mol. The van der Waals surface area contributed by atoms with Gasteiger partial charge < -0.3 is 5.48 Å². The van der Waals surface area contributed by atoms with Gasteiger partial charge >= 0.3 is 0 Å². The van der Waals surface area contributed by atoms with Crippen molar-refractivity contribution < 1.29 is 5.48 Å². The molecule has 0 amide bonds. The van der Waals surface area contributed by atoms with E-state index < -0.39 is 0 Å². The molecule has 2 rings (SSSR count). The Morgan fingerprint density at radius 3 is 2.77 bits per heavy atom. The topological polar surface area (TPSA) is 55.9 Å². The van der Waals surface area contributed by atoms with Gasteiger partial charge in [-0.05, 0) is 17.7 Å². The van der Waals surface area contributed by atoms with Gasteiger partial charge in [0.2, 0.25) is 0 Å². The van der Waals surface area contributed by atoms with Gasteiger partial charge in [-0.2, -0.15) is 5.10 Å². The summed E-state index contributed by atoms with van der Waals surface area (Å²) in [6, 6.07) is 8.05. The fourth-order valence-electron chi connectivity index (χ4n) is 1.04. The summed E-state index contributed by atoms with van der Waals surface area (Å²) in [4.78, 5) is 0. The zero-order valence-corrected chi connectivity index (χ0v) is 7.71. The zero-order chi connectivity index (χ0) is 7.52. The third-order valence-electron chi connectivity index (χ3n) is 1.58. The van der Waals surface area contributed by atoms with Gasteiger partial charge in [0.15, 0.2) is 0 Å². The van der Waals surface area contributed by atoms with Crippen molar-refractivity contribution in [1.82, 2.24) is 0 Å². The molecule has 1 aliphatic heterocycles. The Bertz CT molecular complexity index is 323. The van der Waals surface area contributed by atoms with Gasteiger partial charge in [0.1, 0.15) is 0 Å². The maximum atomic E-state index is 3.95. The quantitative estimate of drug-likeness (QED) is 0.678. The molecule has 0 bridgehead atoms. The van der Waals surface area contributed by atoms with Crippen LogP contribution in [0.4, 0.5) is 5.69 Å². The first kappa shape index (κ1) is 11.7. The summed E-state index contributed by atoms with van der Waals surface area (Å²) in [6.45, 7) is 0. The molecule has 0 fully saturated rings. The van der Waals surface area contributed by atoms with Crippen molar-refractivity contribution in [2.45, 2.75) is 0 Å². The number of nitrogens with one attached hydrogen (secondary N) is 1. The second-order valence-corrected chi connectivity index (χ2v) is 2.34. The molecule has 4 heteroatoms.